The molecule has 0 bridgehead atoms. The minimum Gasteiger partial charge on any atom is -0.330 e. The molecule has 0 radical (unpaired) electrons. The topological polar surface area (TPSA) is 43.8 Å². The first kappa shape index (κ1) is 12.1. The first-order valence-corrected chi connectivity index (χ1v) is 5.68. The molecule has 0 amide bonds. The second-order valence-corrected chi connectivity index (χ2v) is 4.24. The van der Waals surface area contributed by atoms with Crippen molar-refractivity contribution in [3.8, 4) is 11.3 Å². The van der Waals surface area contributed by atoms with E-state index in [9.17, 15) is 4.39 Å². The molecule has 0 aliphatic rings. The van der Waals surface area contributed by atoms with E-state index < -0.39 is 0 Å². The number of nitrogens with zero attached hydrogens (tertiary/aromatic N) is 2. The minimum atomic E-state index is -0.327. The van der Waals surface area contributed by atoms with E-state index in [1.54, 1.807) is 10.7 Å². The van der Waals surface area contributed by atoms with Gasteiger partial charge in [0.2, 0.25) is 0 Å². The maximum absolute atomic E-state index is 13.6. The molecule has 0 fully saturated rings. The molecule has 0 aliphatic carbocycles. The number of nitrogens with two attached hydrogens (primary N) is 1. The predicted octanol–water partition coefficient (Wildman–Crippen LogP) is 2.38. The predicted molar refractivity (Wildman–Crippen MR) is 66.4 cm³/mol. The molecule has 2 rings (SSSR count). The van der Waals surface area contributed by atoms with E-state index in [2.05, 4.69) is 5.10 Å². The largest absolute Gasteiger partial charge is 0.330 e. The van der Waals surface area contributed by atoms with Crippen LogP contribution in [0.2, 0.25) is 5.02 Å². The summed E-state index contributed by atoms with van der Waals surface area (Å²) in [6.07, 6.45) is 0.714. The van der Waals surface area contributed by atoms with Crippen LogP contribution in [0.1, 0.15) is 5.69 Å². The summed E-state index contributed by atoms with van der Waals surface area (Å²) >= 11 is 5.85. The van der Waals surface area contributed by atoms with Crippen LogP contribution in [0.25, 0.3) is 11.3 Å². The number of rotatable bonds is 3. The van der Waals surface area contributed by atoms with Gasteiger partial charge in [0.15, 0.2) is 0 Å². The number of aromatic nitrogens is 2. The van der Waals surface area contributed by atoms with Gasteiger partial charge in [0.25, 0.3) is 0 Å². The second-order valence-electron chi connectivity index (χ2n) is 3.81. The Kier molecular flexibility index (Phi) is 3.45. The Morgan fingerprint density at radius 1 is 1.41 bits per heavy atom. The van der Waals surface area contributed by atoms with Gasteiger partial charge in [-0.1, -0.05) is 11.6 Å². The lowest BCUT2D eigenvalue weighted by Gasteiger charge is -1.99. The molecule has 90 valence electrons. The molecular weight excluding hydrogens is 241 g/mol. The Balaban J connectivity index is 2.45. The van der Waals surface area contributed by atoms with Crippen LogP contribution in [-0.4, -0.2) is 16.3 Å². The molecule has 0 aliphatic heterocycles. The van der Waals surface area contributed by atoms with Crippen LogP contribution in [-0.2, 0) is 13.5 Å². The van der Waals surface area contributed by atoms with Gasteiger partial charge in [-0.15, -0.1) is 0 Å². The van der Waals surface area contributed by atoms with Crippen molar-refractivity contribution < 1.29 is 4.39 Å². The molecule has 5 heteroatoms. The van der Waals surface area contributed by atoms with E-state index in [1.165, 1.54) is 12.1 Å². The van der Waals surface area contributed by atoms with Crippen molar-refractivity contribution >= 4 is 11.6 Å². The number of benzene rings is 1. The highest BCUT2D eigenvalue weighted by Crippen LogP contribution is 2.25. The zero-order valence-corrected chi connectivity index (χ0v) is 10.2. The number of aryl methyl sites for hydroxylation is 1. The maximum atomic E-state index is 13.6. The fourth-order valence-electron chi connectivity index (χ4n) is 1.71. The van der Waals surface area contributed by atoms with Gasteiger partial charge in [0, 0.05) is 29.7 Å². The molecular formula is C12H13ClFN3. The molecule has 17 heavy (non-hydrogen) atoms. The van der Waals surface area contributed by atoms with E-state index in [4.69, 9.17) is 17.3 Å². The molecule has 2 N–H and O–H groups in total. The normalized spacial score (nSPS) is 10.8. The number of halogens is 2. The number of hydrogen-bond donors (Lipinski definition) is 1. The van der Waals surface area contributed by atoms with E-state index in [1.807, 2.05) is 13.1 Å². The Hall–Kier alpha value is -1.39. The van der Waals surface area contributed by atoms with Crippen LogP contribution < -0.4 is 5.73 Å². The Bertz CT molecular complexity index is 537. The summed E-state index contributed by atoms with van der Waals surface area (Å²) in [5, 5.41) is 4.76. The average Bonchev–Trinajstić information content (AvgIpc) is 2.64. The van der Waals surface area contributed by atoms with Crippen LogP contribution in [0, 0.1) is 5.82 Å². The third kappa shape index (κ3) is 2.48. The fourth-order valence-corrected chi connectivity index (χ4v) is 1.89. The summed E-state index contributed by atoms with van der Waals surface area (Å²) in [6.45, 7) is 0.539. The van der Waals surface area contributed by atoms with Crippen LogP contribution in [0.3, 0.4) is 0 Å². The molecule has 1 aromatic heterocycles. The summed E-state index contributed by atoms with van der Waals surface area (Å²) in [7, 11) is 1.82. The summed E-state index contributed by atoms with van der Waals surface area (Å²) in [5.74, 6) is -0.327. The second kappa shape index (κ2) is 4.85. The zero-order valence-electron chi connectivity index (χ0n) is 9.45. The van der Waals surface area contributed by atoms with Gasteiger partial charge in [-0.25, -0.2) is 4.39 Å². The van der Waals surface area contributed by atoms with Crippen LogP contribution in [0.4, 0.5) is 4.39 Å². The standard InChI is InChI=1S/C12H13ClFN3/c1-17-9(4-5-15)7-12(16-17)10-6-8(13)2-3-11(10)14/h2-3,6-7H,4-5,15H2,1H3. The molecule has 3 nitrogen and oxygen atoms in total. The van der Waals surface area contributed by atoms with Gasteiger partial charge >= 0.3 is 0 Å². The first-order chi connectivity index (χ1) is 8.11. The van der Waals surface area contributed by atoms with Crippen LogP contribution >= 0.6 is 11.6 Å². The number of hydrogen-bond acceptors (Lipinski definition) is 2. The van der Waals surface area contributed by atoms with Crippen molar-refractivity contribution in [1.82, 2.24) is 9.78 Å². The Labute approximate surface area is 104 Å². The van der Waals surface area contributed by atoms with Gasteiger partial charge in [0.05, 0.1) is 5.69 Å². The average molecular weight is 254 g/mol. The van der Waals surface area contributed by atoms with Crippen molar-refractivity contribution in [2.75, 3.05) is 6.54 Å². The molecule has 2 aromatic rings. The first-order valence-electron chi connectivity index (χ1n) is 5.30. The lowest BCUT2D eigenvalue weighted by molar-refractivity contribution is 0.629. The fraction of sp³-hybridized carbons (Fsp3) is 0.250. The molecule has 1 aromatic carbocycles. The maximum Gasteiger partial charge on any atom is 0.132 e. The smallest absolute Gasteiger partial charge is 0.132 e. The van der Waals surface area contributed by atoms with E-state index in [0.29, 0.717) is 29.2 Å². The highest BCUT2D eigenvalue weighted by Gasteiger charge is 2.11. The lowest BCUT2D eigenvalue weighted by Crippen LogP contribution is -2.06. The van der Waals surface area contributed by atoms with Gasteiger partial charge in [0.1, 0.15) is 5.82 Å². The summed E-state index contributed by atoms with van der Waals surface area (Å²) in [5.41, 5.74) is 7.46. The quantitative estimate of drug-likeness (QED) is 0.913. The monoisotopic (exact) mass is 253 g/mol. The minimum absolute atomic E-state index is 0.327. The molecule has 0 unspecified atom stereocenters. The van der Waals surface area contributed by atoms with Crippen molar-refractivity contribution in [2.24, 2.45) is 12.8 Å². The molecule has 1 heterocycles. The van der Waals surface area contributed by atoms with E-state index in [-0.39, 0.29) is 5.82 Å². The SMILES string of the molecule is Cn1nc(-c2cc(Cl)ccc2F)cc1CCN. The van der Waals surface area contributed by atoms with Gasteiger partial charge < -0.3 is 5.73 Å². The molecule has 0 saturated heterocycles. The third-order valence-corrected chi connectivity index (χ3v) is 2.82. The Morgan fingerprint density at radius 2 is 2.18 bits per heavy atom. The lowest BCUT2D eigenvalue weighted by atomic mass is 10.1. The van der Waals surface area contributed by atoms with E-state index >= 15 is 0 Å². The van der Waals surface area contributed by atoms with Gasteiger partial charge in [-0.05, 0) is 30.8 Å². The summed E-state index contributed by atoms with van der Waals surface area (Å²) in [6, 6.07) is 6.27. The molecule has 0 saturated carbocycles. The Morgan fingerprint density at radius 3 is 2.88 bits per heavy atom. The van der Waals surface area contributed by atoms with Gasteiger partial charge in [-0.2, -0.15) is 5.10 Å². The highest BCUT2D eigenvalue weighted by molar-refractivity contribution is 6.30. The molecule has 0 spiro atoms. The van der Waals surface area contributed by atoms with Crippen LogP contribution in [0.5, 0.6) is 0 Å². The summed E-state index contributed by atoms with van der Waals surface area (Å²) in [4.78, 5) is 0. The van der Waals surface area contributed by atoms with Crippen LogP contribution in [0.15, 0.2) is 24.3 Å². The zero-order chi connectivity index (χ0) is 12.4. The van der Waals surface area contributed by atoms with Crippen molar-refractivity contribution in [1.29, 1.82) is 0 Å². The molecule has 0 atom stereocenters. The third-order valence-electron chi connectivity index (χ3n) is 2.58. The van der Waals surface area contributed by atoms with Crippen molar-refractivity contribution in [3.63, 3.8) is 0 Å². The van der Waals surface area contributed by atoms with Crippen molar-refractivity contribution in [2.45, 2.75) is 6.42 Å². The van der Waals surface area contributed by atoms with Crippen molar-refractivity contribution in [3.05, 3.63) is 40.8 Å². The highest BCUT2D eigenvalue weighted by atomic mass is 35.5. The van der Waals surface area contributed by atoms with E-state index in [0.717, 1.165) is 5.69 Å². The summed E-state index contributed by atoms with van der Waals surface area (Å²) < 4.78 is 15.4. The van der Waals surface area contributed by atoms with Gasteiger partial charge in [-0.3, -0.25) is 4.68 Å².